The van der Waals surface area contributed by atoms with Gasteiger partial charge in [-0.1, -0.05) is 140 Å². The molecule has 0 nitrogen and oxygen atoms in total. The first-order chi connectivity index (χ1) is 24.7. The van der Waals surface area contributed by atoms with Gasteiger partial charge in [0.25, 0.3) is 0 Å². The zero-order chi connectivity index (χ0) is 32.9. The second-order valence-corrected chi connectivity index (χ2v) is 15.4. The van der Waals surface area contributed by atoms with Crippen molar-refractivity contribution in [1.29, 1.82) is 0 Å². The van der Waals surface area contributed by atoms with E-state index >= 15 is 0 Å². The van der Waals surface area contributed by atoms with Crippen LogP contribution in [-0.4, -0.2) is 6.26 Å². The van der Waals surface area contributed by atoms with Gasteiger partial charge in [-0.25, -0.2) is 0 Å². The number of thioether (sulfide) groups is 1. The molecule has 0 saturated heterocycles. The largest absolute Gasteiger partial charge is 0.157 e. The summed E-state index contributed by atoms with van der Waals surface area (Å²) in [5.41, 5.74) is 5.56. The van der Waals surface area contributed by atoms with Crippen LogP contribution in [0.2, 0.25) is 0 Å². The molecule has 1 unspecified atom stereocenters. The summed E-state index contributed by atoms with van der Waals surface area (Å²) < 4.78 is 0. The Bertz CT molecular complexity index is 3060. The molecular formula is C49H34S. The Kier molecular flexibility index (Phi) is 6.16. The fourth-order valence-corrected chi connectivity index (χ4v) is 9.79. The van der Waals surface area contributed by atoms with E-state index in [9.17, 15) is 0 Å². The van der Waals surface area contributed by atoms with Gasteiger partial charge in [-0.3, -0.25) is 0 Å². The minimum atomic E-state index is 0.349. The highest BCUT2D eigenvalue weighted by atomic mass is 32.2. The van der Waals surface area contributed by atoms with E-state index in [1.807, 2.05) is 11.8 Å². The van der Waals surface area contributed by atoms with Gasteiger partial charge in [0.2, 0.25) is 0 Å². The zero-order valence-electron chi connectivity index (χ0n) is 28.0. The molecule has 0 spiro atoms. The molecule has 236 valence electrons. The third-order valence-corrected chi connectivity index (χ3v) is 12.6. The van der Waals surface area contributed by atoms with Gasteiger partial charge in [-0.05, 0) is 140 Å². The predicted octanol–water partition coefficient (Wildman–Crippen LogP) is 13.7. The molecule has 0 aliphatic heterocycles. The molecule has 1 aliphatic rings. The average Bonchev–Trinajstić information content (AvgIpc) is 3.17. The Morgan fingerprint density at radius 3 is 1.36 bits per heavy atom. The van der Waals surface area contributed by atoms with Crippen LogP contribution in [0.1, 0.15) is 27.5 Å². The van der Waals surface area contributed by atoms with Crippen LogP contribution in [-0.2, 0) is 19.3 Å². The monoisotopic (exact) mass is 654 g/mol. The van der Waals surface area contributed by atoms with Crippen LogP contribution >= 0.6 is 11.8 Å². The van der Waals surface area contributed by atoms with E-state index in [-0.39, 0.29) is 0 Å². The standard InChI is InChI=1S/C49H34S/c1-50-47-27-31-6-9-33-17-20-39-40(44(33)26-31)21-16-32-7-4-29(24-43(32)39)2-3-30-5-8-34-10-13-36-18-23-42-41(48(36)45(34)25-30)22-19-37-14-11-35-12-15-38(47)28-46(35)49(37)42/h4-26,28,47H,2-3,27H2,1H3. The van der Waals surface area contributed by atoms with Crippen LogP contribution < -0.4 is 0 Å². The van der Waals surface area contributed by atoms with Crippen molar-refractivity contribution in [2.75, 3.05) is 6.26 Å². The molecule has 10 aromatic carbocycles. The summed E-state index contributed by atoms with van der Waals surface area (Å²) in [5, 5.41) is 21.7. The van der Waals surface area contributed by atoms with Gasteiger partial charge in [0.1, 0.15) is 0 Å². The first-order valence-corrected chi connectivity index (χ1v) is 19.1. The van der Waals surface area contributed by atoms with Gasteiger partial charge >= 0.3 is 0 Å². The molecule has 0 amide bonds. The van der Waals surface area contributed by atoms with Crippen molar-refractivity contribution in [3.05, 3.63) is 168 Å². The van der Waals surface area contributed by atoms with Gasteiger partial charge in [-0.15, -0.1) is 0 Å². The molecule has 0 N–H and O–H groups in total. The smallest absolute Gasteiger partial charge is 0.0335 e. The van der Waals surface area contributed by atoms with E-state index < -0.39 is 0 Å². The second kappa shape index (κ2) is 10.8. The minimum absolute atomic E-state index is 0.349. The number of fused-ring (bicyclic) bond motifs is 4. The van der Waals surface area contributed by atoms with Crippen molar-refractivity contribution in [2.24, 2.45) is 0 Å². The molecule has 1 heteroatoms. The first kappa shape index (κ1) is 28.5. The maximum Gasteiger partial charge on any atom is 0.0335 e. The lowest BCUT2D eigenvalue weighted by Crippen LogP contribution is -1.99. The molecule has 50 heavy (non-hydrogen) atoms. The molecule has 11 rings (SSSR count). The molecule has 0 radical (unpaired) electrons. The Morgan fingerprint density at radius 2 is 0.760 bits per heavy atom. The summed E-state index contributed by atoms with van der Waals surface area (Å²) in [4.78, 5) is 0. The summed E-state index contributed by atoms with van der Waals surface area (Å²) in [6.07, 6.45) is 5.27. The molecule has 14 bridgehead atoms. The minimum Gasteiger partial charge on any atom is -0.157 e. The predicted molar refractivity (Wildman–Crippen MR) is 220 cm³/mol. The average molecular weight is 655 g/mol. The van der Waals surface area contributed by atoms with E-state index in [0.717, 1.165) is 19.3 Å². The second-order valence-electron chi connectivity index (χ2n) is 14.4. The van der Waals surface area contributed by atoms with Crippen molar-refractivity contribution >= 4 is 97.9 Å². The van der Waals surface area contributed by atoms with Crippen LogP contribution in [0.3, 0.4) is 0 Å². The summed E-state index contributed by atoms with van der Waals surface area (Å²) in [6.45, 7) is 0. The van der Waals surface area contributed by atoms with Gasteiger partial charge in [0.05, 0.1) is 0 Å². The summed E-state index contributed by atoms with van der Waals surface area (Å²) in [6, 6.07) is 56.5. The normalized spacial score (nSPS) is 14.9. The fourth-order valence-electron chi connectivity index (χ4n) is 9.02. The van der Waals surface area contributed by atoms with Gasteiger partial charge in [-0.2, -0.15) is 11.8 Å². The van der Waals surface area contributed by atoms with E-state index in [2.05, 4.69) is 152 Å². The van der Waals surface area contributed by atoms with E-state index in [1.54, 1.807) is 0 Å². The quantitative estimate of drug-likeness (QED) is 0.159. The maximum absolute atomic E-state index is 2.50. The zero-order valence-corrected chi connectivity index (χ0v) is 28.8. The van der Waals surface area contributed by atoms with E-state index in [4.69, 9.17) is 0 Å². The highest BCUT2D eigenvalue weighted by molar-refractivity contribution is 7.98. The van der Waals surface area contributed by atoms with E-state index in [0.29, 0.717) is 5.25 Å². The van der Waals surface area contributed by atoms with Crippen LogP contribution in [0.5, 0.6) is 0 Å². The van der Waals surface area contributed by atoms with Crippen molar-refractivity contribution in [1.82, 2.24) is 0 Å². The SMILES string of the molecule is CSC1Cc2ccc3ccc4c5cc(ccc5ccc4c3c2)CCc2ccc3ccc4ccc5c(ccc6ccc7ccc1cc7c65)c4c3c2. The lowest BCUT2D eigenvalue weighted by Gasteiger charge is -2.18. The number of aryl methyl sites for hydroxylation is 2. The summed E-state index contributed by atoms with van der Waals surface area (Å²) in [5.74, 6) is 0. The molecule has 1 atom stereocenters. The van der Waals surface area contributed by atoms with Crippen molar-refractivity contribution < 1.29 is 0 Å². The molecule has 0 aromatic heterocycles. The third-order valence-electron chi connectivity index (χ3n) is 11.6. The van der Waals surface area contributed by atoms with Crippen molar-refractivity contribution in [2.45, 2.75) is 24.5 Å². The number of hydrogen-bond acceptors (Lipinski definition) is 1. The lowest BCUT2D eigenvalue weighted by atomic mass is 9.89. The fraction of sp³-hybridized carbons (Fsp3) is 0.102. The number of hydrogen-bond donors (Lipinski definition) is 0. The molecule has 1 aliphatic carbocycles. The van der Waals surface area contributed by atoms with Gasteiger partial charge in [0, 0.05) is 5.25 Å². The molecule has 0 fully saturated rings. The van der Waals surface area contributed by atoms with Crippen molar-refractivity contribution in [3.8, 4) is 0 Å². The molecule has 0 heterocycles. The van der Waals surface area contributed by atoms with Crippen LogP contribution in [0, 0.1) is 0 Å². The first-order valence-electron chi connectivity index (χ1n) is 17.8. The maximum atomic E-state index is 2.50. The number of benzene rings is 10. The number of rotatable bonds is 1. The Labute approximate surface area is 295 Å². The highest BCUT2D eigenvalue weighted by Gasteiger charge is 2.16. The summed E-state index contributed by atoms with van der Waals surface area (Å²) >= 11 is 1.96. The van der Waals surface area contributed by atoms with E-state index in [1.165, 1.54) is 108 Å². The lowest BCUT2D eigenvalue weighted by molar-refractivity contribution is 0.939. The van der Waals surface area contributed by atoms with Crippen LogP contribution in [0.4, 0.5) is 0 Å². The van der Waals surface area contributed by atoms with Crippen LogP contribution in [0.15, 0.2) is 146 Å². The summed E-state index contributed by atoms with van der Waals surface area (Å²) in [7, 11) is 0. The topological polar surface area (TPSA) is 0 Å². The third kappa shape index (κ3) is 4.26. The molecule has 0 saturated carbocycles. The van der Waals surface area contributed by atoms with Crippen LogP contribution in [0.25, 0.3) is 86.2 Å². The molecular weight excluding hydrogens is 621 g/mol. The Hall–Kier alpha value is -5.37. The molecule has 10 aromatic rings. The Balaban J connectivity index is 1.23. The van der Waals surface area contributed by atoms with Gasteiger partial charge in [0.15, 0.2) is 0 Å². The highest BCUT2D eigenvalue weighted by Crippen LogP contribution is 2.41. The Morgan fingerprint density at radius 1 is 0.360 bits per heavy atom. The van der Waals surface area contributed by atoms with Gasteiger partial charge < -0.3 is 0 Å². The van der Waals surface area contributed by atoms with Crippen molar-refractivity contribution in [3.63, 3.8) is 0 Å².